The van der Waals surface area contributed by atoms with Crippen molar-refractivity contribution in [1.29, 1.82) is 0 Å². The molecule has 116 valence electrons. The summed E-state index contributed by atoms with van der Waals surface area (Å²) in [6, 6.07) is 9.27. The lowest BCUT2D eigenvalue weighted by molar-refractivity contribution is -0.129. The summed E-state index contributed by atoms with van der Waals surface area (Å²) in [6.45, 7) is 4.17. The lowest BCUT2D eigenvalue weighted by Crippen LogP contribution is -2.48. The SMILES string of the molecule is CC1CCCC(O)(CNC(=O)C(C)Oc2ccccc2)C1. The van der Waals surface area contributed by atoms with Gasteiger partial charge in [0.2, 0.25) is 0 Å². The summed E-state index contributed by atoms with van der Waals surface area (Å²) in [5.74, 6) is 0.995. The molecule has 0 heterocycles. The van der Waals surface area contributed by atoms with Gasteiger partial charge >= 0.3 is 0 Å². The Morgan fingerprint density at radius 2 is 2.19 bits per heavy atom. The maximum absolute atomic E-state index is 12.1. The van der Waals surface area contributed by atoms with Crippen molar-refractivity contribution in [3.8, 4) is 5.75 Å². The molecule has 0 aliphatic heterocycles. The molecule has 3 atom stereocenters. The Morgan fingerprint density at radius 1 is 1.48 bits per heavy atom. The van der Waals surface area contributed by atoms with Crippen LogP contribution in [0.15, 0.2) is 30.3 Å². The zero-order chi connectivity index (χ0) is 15.3. The Hall–Kier alpha value is -1.55. The van der Waals surface area contributed by atoms with Crippen LogP contribution in [0.1, 0.15) is 39.5 Å². The first-order valence-electron chi connectivity index (χ1n) is 7.70. The fourth-order valence-corrected chi connectivity index (χ4v) is 2.94. The molecular formula is C17H25NO3. The Labute approximate surface area is 126 Å². The number of hydrogen-bond donors (Lipinski definition) is 2. The van der Waals surface area contributed by atoms with Crippen LogP contribution in [-0.2, 0) is 4.79 Å². The molecule has 1 aliphatic carbocycles. The smallest absolute Gasteiger partial charge is 0.260 e. The molecule has 2 rings (SSSR count). The van der Waals surface area contributed by atoms with Gasteiger partial charge in [-0.1, -0.05) is 38.0 Å². The van der Waals surface area contributed by atoms with Gasteiger partial charge in [0.15, 0.2) is 6.10 Å². The predicted octanol–water partition coefficient (Wildman–Crippen LogP) is 2.51. The highest BCUT2D eigenvalue weighted by atomic mass is 16.5. The number of rotatable bonds is 5. The standard InChI is InChI=1S/C17H25NO3/c1-13-7-6-10-17(20,11-13)12-18-16(19)14(2)21-15-8-4-3-5-9-15/h3-5,8-9,13-14,20H,6-7,10-12H2,1-2H3,(H,18,19). The number of carbonyl (C=O) groups is 1. The van der Waals surface area contributed by atoms with Crippen molar-refractivity contribution < 1.29 is 14.6 Å². The first-order valence-corrected chi connectivity index (χ1v) is 7.70. The van der Waals surface area contributed by atoms with Gasteiger partial charge in [-0.15, -0.1) is 0 Å². The molecule has 0 bridgehead atoms. The van der Waals surface area contributed by atoms with Crippen molar-refractivity contribution in [2.75, 3.05) is 6.54 Å². The van der Waals surface area contributed by atoms with E-state index in [1.165, 1.54) is 0 Å². The van der Waals surface area contributed by atoms with E-state index in [0.29, 0.717) is 18.2 Å². The molecule has 1 fully saturated rings. The lowest BCUT2D eigenvalue weighted by atomic mass is 9.79. The molecule has 21 heavy (non-hydrogen) atoms. The van der Waals surface area contributed by atoms with Crippen molar-refractivity contribution in [2.24, 2.45) is 5.92 Å². The van der Waals surface area contributed by atoms with E-state index >= 15 is 0 Å². The van der Waals surface area contributed by atoms with Crippen LogP contribution in [0.5, 0.6) is 5.75 Å². The Morgan fingerprint density at radius 3 is 2.86 bits per heavy atom. The van der Waals surface area contributed by atoms with Gasteiger partial charge in [0, 0.05) is 6.54 Å². The fraction of sp³-hybridized carbons (Fsp3) is 0.588. The molecule has 1 aliphatic rings. The number of para-hydroxylation sites is 1. The molecule has 1 amide bonds. The first-order chi connectivity index (χ1) is 9.98. The zero-order valence-electron chi connectivity index (χ0n) is 12.8. The van der Waals surface area contributed by atoms with Crippen molar-refractivity contribution in [2.45, 2.75) is 51.2 Å². The summed E-state index contributed by atoms with van der Waals surface area (Å²) in [5, 5.41) is 13.3. The molecule has 1 aromatic carbocycles. The van der Waals surface area contributed by atoms with Gasteiger partial charge in [0.1, 0.15) is 5.75 Å². The second kappa shape index (κ2) is 6.94. The molecule has 0 radical (unpaired) electrons. The largest absolute Gasteiger partial charge is 0.481 e. The molecular weight excluding hydrogens is 266 g/mol. The molecule has 4 heteroatoms. The topological polar surface area (TPSA) is 58.6 Å². The van der Waals surface area contributed by atoms with Crippen LogP contribution in [0.4, 0.5) is 0 Å². The van der Waals surface area contributed by atoms with Crippen LogP contribution < -0.4 is 10.1 Å². The minimum absolute atomic E-state index is 0.189. The summed E-state index contributed by atoms with van der Waals surface area (Å²) in [6.07, 6.45) is 3.11. The van der Waals surface area contributed by atoms with Gasteiger partial charge in [-0.05, 0) is 37.8 Å². The minimum atomic E-state index is -0.764. The highest BCUT2D eigenvalue weighted by Gasteiger charge is 2.33. The lowest BCUT2D eigenvalue weighted by Gasteiger charge is -2.35. The van der Waals surface area contributed by atoms with Crippen molar-refractivity contribution >= 4 is 5.91 Å². The molecule has 0 spiro atoms. The van der Waals surface area contributed by atoms with E-state index in [2.05, 4.69) is 12.2 Å². The summed E-state index contributed by atoms with van der Waals surface area (Å²) in [7, 11) is 0. The van der Waals surface area contributed by atoms with Gasteiger partial charge in [-0.25, -0.2) is 0 Å². The van der Waals surface area contributed by atoms with Crippen molar-refractivity contribution in [1.82, 2.24) is 5.32 Å². The van der Waals surface area contributed by atoms with Crippen LogP contribution in [0.25, 0.3) is 0 Å². The second-order valence-electron chi connectivity index (χ2n) is 6.22. The molecule has 3 unspecified atom stereocenters. The molecule has 1 saturated carbocycles. The quantitative estimate of drug-likeness (QED) is 0.876. The van der Waals surface area contributed by atoms with E-state index < -0.39 is 11.7 Å². The molecule has 2 N–H and O–H groups in total. The molecule has 4 nitrogen and oxygen atoms in total. The number of aliphatic hydroxyl groups is 1. The van der Waals surface area contributed by atoms with E-state index in [1.807, 2.05) is 30.3 Å². The monoisotopic (exact) mass is 291 g/mol. The predicted molar refractivity (Wildman–Crippen MR) is 82.1 cm³/mol. The molecule has 0 saturated heterocycles. The maximum atomic E-state index is 12.1. The van der Waals surface area contributed by atoms with E-state index in [4.69, 9.17) is 4.74 Å². The average Bonchev–Trinajstić information content (AvgIpc) is 2.45. The van der Waals surface area contributed by atoms with Crippen LogP contribution in [0, 0.1) is 5.92 Å². The first kappa shape index (κ1) is 15.8. The van der Waals surface area contributed by atoms with E-state index in [0.717, 1.165) is 25.7 Å². The fourth-order valence-electron chi connectivity index (χ4n) is 2.94. The number of amides is 1. The third-order valence-corrected chi connectivity index (χ3v) is 4.08. The van der Waals surface area contributed by atoms with Gasteiger partial charge in [-0.2, -0.15) is 0 Å². The summed E-state index contributed by atoms with van der Waals surface area (Å²) in [4.78, 5) is 12.1. The number of ether oxygens (including phenoxy) is 1. The Bertz CT molecular complexity index is 462. The summed E-state index contributed by atoms with van der Waals surface area (Å²) >= 11 is 0. The van der Waals surface area contributed by atoms with Crippen molar-refractivity contribution in [3.05, 3.63) is 30.3 Å². The highest BCUT2D eigenvalue weighted by Crippen LogP contribution is 2.31. The maximum Gasteiger partial charge on any atom is 0.260 e. The van der Waals surface area contributed by atoms with Crippen LogP contribution in [0.2, 0.25) is 0 Å². The third-order valence-electron chi connectivity index (χ3n) is 4.08. The van der Waals surface area contributed by atoms with Gasteiger partial charge < -0.3 is 15.2 Å². The zero-order valence-corrected chi connectivity index (χ0v) is 12.8. The van der Waals surface area contributed by atoms with Gasteiger partial charge in [-0.3, -0.25) is 4.79 Å². The molecule has 1 aromatic rings. The second-order valence-corrected chi connectivity index (χ2v) is 6.22. The van der Waals surface area contributed by atoms with E-state index in [-0.39, 0.29) is 5.91 Å². The molecule has 0 aromatic heterocycles. The summed E-state index contributed by atoms with van der Waals surface area (Å²) in [5.41, 5.74) is -0.764. The van der Waals surface area contributed by atoms with Gasteiger partial charge in [0.25, 0.3) is 5.91 Å². The highest BCUT2D eigenvalue weighted by molar-refractivity contribution is 5.80. The van der Waals surface area contributed by atoms with Crippen molar-refractivity contribution in [3.63, 3.8) is 0 Å². The van der Waals surface area contributed by atoms with E-state index in [1.54, 1.807) is 6.92 Å². The number of benzene rings is 1. The summed E-state index contributed by atoms with van der Waals surface area (Å²) < 4.78 is 5.58. The normalized spacial score (nSPS) is 26.9. The van der Waals surface area contributed by atoms with Crippen LogP contribution in [0.3, 0.4) is 0 Å². The Balaban J connectivity index is 1.81. The Kier molecular flexibility index (Phi) is 5.23. The van der Waals surface area contributed by atoms with Crippen LogP contribution >= 0.6 is 0 Å². The van der Waals surface area contributed by atoms with E-state index in [9.17, 15) is 9.90 Å². The third kappa shape index (κ3) is 4.74. The minimum Gasteiger partial charge on any atom is -0.481 e. The number of nitrogens with one attached hydrogen (secondary N) is 1. The van der Waals surface area contributed by atoms with Crippen LogP contribution in [-0.4, -0.2) is 29.3 Å². The average molecular weight is 291 g/mol. The number of hydrogen-bond acceptors (Lipinski definition) is 3. The van der Waals surface area contributed by atoms with Gasteiger partial charge in [0.05, 0.1) is 5.60 Å². The number of carbonyl (C=O) groups excluding carboxylic acids is 1.